The lowest BCUT2D eigenvalue weighted by Crippen LogP contribution is -2.03. The van der Waals surface area contributed by atoms with E-state index in [2.05, 4.69) is 203 Å². The van der Waals surface area contributed by atoms with Gasteiger partial charge in [0.2, 0.25) is 0 Å². The number of thiophene rings is 1. The summed E-state index contributed by atoms with van der Waals surface area (Å²) in [5.41, 5.74) is 10.6. The molecule has 8 aromatic carbocycles. The lowest BCUT2D eigenvalue weighted by molar-refractivity contribution is 1.07. The van der Waals surface area contributed by atoms with Crippen molar-refractivity contribution in [1.82, 2.24) is 24.1 Å². The molecule has 4 aromatic heterocycles. The van der Waals surface area contributed by atoms with Gasteiger partial charge >= 0.3 is 0 Å². The van der Waals surface area contributed by atoms with Gasteiger partial charge in [0.25, 0.3) is 0 Å². The van der Waals surface area contributed by atoms with Crippen LogP contribution in [-0.2, 0) is 0 Å². The molecule has 0 N–H and O–H groups in total. The highest BCUT2D eigenvalue weighted by atomic mass is 32.1. The summed E-state index contributed by atoms with van der Waals surface area (Å²) < 4.78 is 5.95. The van der Waals surface area contributed by atoms with Gasteiger partial charge in [0.15, 0.2) is 17.5 Å². The van der Waals surface area contributed by atoms with Crippen molar-refractivity contribution >= 4 is 65.0 Å². The second kappa shape index (κ2) is 13.5. The van der Waals surface area contributed by atoms with E-state index in [1.807, 2.05) is 6.07 Å². The molecule has 4 heterocycles. The summed E-state index contributed by atoms with van der Waals surface area (Å²) in [6.07, 6.45) is 0. The number of hydrogen-bond donors (Lipinski definition) is 0. The fraction of sp³-hybridized carbons (Fsp3) is 0. The maximum absolute atomic E-state index is 5.40. The molecule has 12 rings (SSSR count). The van der Waals surface area contributed by atoms with Crippen LogP contribution in [0, 0.1) is 0 Å². The zero-order valence-electron chi connectivity index (χ0n) is 31.7. The Bertz CT molecular complexity index is 3300. The minimum Gasteiger partial charge on any atom is -0.309 e. The third kappa shape index (κ3) is 5.49. The van der Waals surface area contributed by atoms with Gasteiger partial charge in [-0.3, -0.25) is 0 Å². The maximum Gasteiger partial charge on any atom is 0.174 e. The molecular formula is C53H33N5S. The van der Waals surface area contributed by atoms with Crippen LogP contribution in [-0.4, -0.2) is 24.1 Å². The van der Waals surface area contributed by atoms with Gasteiger partial charge in [0, 0.05) is 48.7 Å². The highest BCUT2D eigenvalue weighted by Gasteiger charge is 2.21. The van der Waals surface area contributed by atoms with Crippen LogP contribution < -0.4 is 0 Å². The molecule has 0 bridgehead atoms. The number of aromatic nitrogens is 5. The third-order valence-corrected chi connectivity index (χ3v) is 12.5. The van der Waals surface area contributed by atoms with E-state index in [4.69, 9.17) is 15.0 Å². The molecule has 0 amide bonds. The molecule has 0 aliphatic heterocycles. The van der Waals surface area contributed by atoms with E-state index in [1.165, 1.54) is 31.6 Å². The second-order valence-corrected chi connectivity index (χ2v) is 15.9. The Labute approximate surface area is 343 Å². The summed E-state index contributed by atoms with van der Waals surface area (Å²) in [6, 6.07) is 71.0. The van der Waals surface area contributed by atoms with Gasteiger partial charge in [0.05, 0.1) is 26.9 Å². The lowest BCUT2D eigenvalue weighted by Gasteiger charge is -2.16. The highest BCUT2D eigenvalue weighted by molar-refractivity contribution is 7.22. The van der Waals surface area contributed by atoms with Crippen molar-refractivity contribution in [2.75, 3.05) is 0 Å². The van der Waals surface area contributed by atoms with Crippen LogP contribution in [0.15, 0.2) is 200 Å². The zero-order chi connectivity index (χ0) is 38.9. The van der Waals surface area contributed by atoms with Crippen LogP contribution >= 0.6 is 11.3 Å². The van der Waals surface area contributed by atoms with Gasteiger partial charge in [0.1, 0.15) is 0 Å². The van der Waals surface area contributed by atoms with Crippen LogP contribution in [0.2, 0.25) is 0 Å². The zero-order valence-corrected chi connectivity index (χ0v) is 32.5. The predicted molar refractivity (Wildman–Crippen MR) is 246 cm³/mol. The van der Waals surface area contributed by atoms with Gasteiger partial charge in [-0.2, -0.15) is 0 Å². The van der Waals surface area contributed by atoms with Crippen LogP contribution in [0.5, 0.6) is 0 Å². The lowest BCUT2D eigenvalue weighted by atomic mass is 9.99. The van der Waals surface area contributed by atoms with Crippen molar-refractivity contribution < 1.29 is 0 Å². The first-order valence-corrected chi connectivity index (χ1v) is 20.6. The Hall–Kier alpha value is -7.67. The van der Waals surface area contributed by atoms with Crippen LogP contribution in [0.3, 0.4) is 0 Å². The maximum atomic E-state index is 5.40. The average Bonchev–Trinajstić information content (AvgIpc) is 4.00. The SMILES string of the molecule is c1ccc(-c2ccccc2-c2nc(-c3cc(-n4c5ccccc5c5ccccc54)cc(-n4c5ccccc5c5ccccc54)c3)nc(-c3cc4ccccc4s3)n2)cc1. The van der Waals surface area contributed by atoms with Crippen LogP contribution in [0.4, 0.5) is 0 Å². The third-order valence-electron chi connectivity index (χ3n) is 11.4. The largest absolute Gasteiger partial charge is 0.309 e. The minimum atomic E-state index is 0.606. The molecule has 0 saturated carbocycles. The van der Waals surface area contributed by atoms with Gasteiger partial charge in [-0.15, -0.1) is 11.3 Å². The molecule has 12 aromatic rings. The van der Waals surface area contributed by atoms with Crippen molar-refractivity contribution in [1.29, 1.82) is 0 Å². The number of fused-ring (bicyclic) bond motifs is 7. The van der Waals surface area contributed by atoms with Crippen molar-refractivity contribution in [3.8, 4) is 56.0 Å². The van der Waals surface area contributed by atoms with Crippen LogP contribution in [0.1, 0.15) is 0 Å². The molecular weight excluding hydrogens is 739 g/mol. The molecule has 0 unspecified atom stereocenters. The van der Waals surface area contributed by atoms with Gasteiger partial charge in [-0.25, -0.2) is 15.0 Å². The molecule has 276 valence electrons. The first kappa shape index (κ1) is 33.5. The van der Waals surface area contributed by atoms with Gasteiger partial charge in [-0.1, -0.05) is 146 Å². The quantitative estimate of drug-likeness (QED) is 0.169. The van der Waals surface area contributed by atoms with E-state index in [-0.39, 0.29) is 0 Å². The van der Waals surface area contributed by atoms with Crippen LogP contribution in [0.25, 0.3) is 110 Å². The fourth-order valence-electron chi connectivity index (χ4n) is 8.76. The summed E-state index contributed by atoms with van der Waals surface area (Å²) in [6.45, 7) is 0. The first-order chi connectivity index (χ1) is 29.2. The van der Waals surface area contributed by atoms with E-state index in [9.17, 15) is 0 Å². The molecule has 59 heavy (non-hydrogen) atoms. The summed E-state index contributed by atoms with van der Waals surface area (Å²) >= 11 is 1.71. The van der Waals surface area contributed by atoms with E-state index >= 15 is 0 Å². The normalized spacial score (nSPS) is 11.7. The molecule has 0 fully saturated rings. The van der Waals surface area contributed by atoms with Crippen molar-refractivity contribution in [2.45, 2.75) is 0 Å². The fourth-order valence-corrected chi connectivity index (χ4v) is 9.76. The Balaban J connectivity index is 1.17. The number of nitrogens with zero attached hydrogens (tertiary/aromatic N) is 5. The summed E-state index contributed by atoms with van der Waals surface area (Å²) in [7, 11) is 0. The average molecular weight is 772 g/mol. The number of rotatable bonds is 6. The summed E-state index contributed by atoms with van der Waals surface area (Å²) in [5, 5.41) is 6.00. The monoisotopic (exact) mass is 771 g/mol. The van der Waals surface area contributed by atoms with E-state index in [1.54, 1.807) is 11.3 Å². The van der Waals surface area contributed by atoms with E-state index in [0.29, 0.717) is 17.5 Å². The minimum absolute atomic E-state index is 0.606. The molecule has 0 spiro atoms. The summed E-state index contributed by atoms with van der Waals surface area (Å²) in [4.78, 5) is 17.0. The molecule has 0 aliphatic rings. The van der Waals surface area contributed by atoms with Crippen molar-refractivity contribution in [2.24, 2.45) is 0 Å². The highest BCUT2D eigenvalue weighted by Crippen LogP contribution is 2.40. The molecule has 0 atom stereocenters. The topological polar surface area (TPSA) is 48.5 Å². The molecule has 0 radical (unpaired) electrons. The Morgan fingerprint density at radius 2 is 0.797 bits per heavy atom. The summed E-state index contributed by atoms with van der Waals surface area (Å²) in [5.74, 6) is 1.88. The standard InChI is InChI=1S/C53H33N5S/c1-2-16-34(17-3-1)39-19-5-6-24-44(39)52-54-51(55-53(56-52)50-32-35-18-4-15-29-49(35)59-50)36-30-37(57-45-25-11-7-20-40(45)41-21-8-12-26-46(41)57)33-38(31-36)58-47-27-13-9-22-42(47)43-23-10-14-28-48(43)58/h1-33H. The Morgan fingerprint density at radius 1 is 0.339 bits per heavy atom. The number of hydrogen-bond acceptors (Lipinski definition) is 4. The second-order valence-electron chi connectivity index (χ2n) is 14.8. The molecule has 0 aliphatic carbocycles. The van der Waals surface area contributed by atoms with Crippen molar-refractivity contribution in [3.63, 3.8) is 0 Å². The number of para-hydroxylation sites is 4. The Morgan fingerprint density at radius 3 is 1.37 bits per heavy atom. The van der Waals surface area contributed by atoms with E-state index in [0.717, 1.165) is 60.6 Å². The van der Waals surface area contributed by atoms with Crippen molar-refractivity contribution in [3.05, 3.63) is 200 Å². The van der Waals surface area contributed by atoms with E-state index < -0.39 is 0 Å². The molecule has 5 nitrogen and oxygen atoms in total. The first-order valence-electron chi connectivity index (χ1n) is 19.8. The number of benzene rings is 8. The molecule has 0 saturated heterocycles. The van der Waals surface area contributed by atoms with Gasteiger partial charge < -0.3 is 9.13 Å². The van der Waals surface area contributed by atoms with Gasteiger partial charge in [-0.05, 0) is 71.1 Å². The predicted octanol–water partition coefficient (Wildman–Crippen LogP) is 13.9. The Kier molecular flexibility index (Phi) is 7.64. The smallest absolute Gasteiger partial charge is 0.174 e. The molecule has 6 heteroatoms.